The number of imidazole rings is 1. The van der Waals surface area contributed by atoms with Crippen molar-refractivity contribution >= 4 is 10.7 Å². The second-order valence-electron chi connectivity index (χ2n) is 2.95. The van der Waals surface area contributed by atoms with Crippen LogP contribution < -0.4 is 0 Å². The Morgan fingerprint density at radius 2 is 2.08 bits per heavy atom. The van der Waals surface area contributed by atoms with E-state index in [-0.39, 0.29) is 10.9 Å². The molecule has 0 saturated heterocycles. The summed E-state index contributed by atoms with van der Waals surface area (Å²) in [5.74, 6) is 1.04. The Morgan fingerprint density at radius 3 is 2.33 bits per heavy atom. The molecule has 0 aliphatic heterocycles. The van der Waals surface area contributed by atoms with Gasteiger partial charge in [0, 0.05) is 13.0 Å². The highest BCUT2D eigenvalue weighted by Gasteiger charge is 2.10. The molecule has 0 unspecified atom stereocenters. The minimum atomic E-state index is -2.52. The monoisotopic (exact) mass is 188 g/mol. The van der Waals surface area contributed by atoms with Crippen LogP contribution in [0.4, 0.5) is 0 Å². The summed E-state index contributed by atoms with van der Waals surface area (Å²) in [6.45, 7) is 3.95. The Balaban J connectivity index is 3.22. The third kappa shape index (κ3) is 1.50. The lowest BCUT2D eigenvalue weighted by molar-refractivity contribution is 0.599. The molecule has 1 heterocycles. The van der Waals surface area contributed by atoms with Gasteiger partial charge in [-0.25, -0.2) is 13.4 Å². The van der Waals surface area contributed by atoms with Gasteiger partial charge in [-0.2, -0.15) is 0 Å². The molecule has 0 spiro atoms. The van der Waals surface area contributed by atoms with E-state index in [4.69, 9.17) is 0 Å². The summed E-state index contributed by atoms with van der Waals surface area (Å²) in [6, 6.07) is 0. The molecule has 4 nitrogen and oxygen atoms in total. The van der Waals surface area contributed by atoms with E-state index < -0.39 is 10.7 Å². The largest absolute Gasteiger partial charge is 0.322 e. The number of nitrogens with zero attached hydrogens (tertiary/aromatic N) is 2. The first kappa shape index (κ1) is 9.25. The molecule has 0 aliphatic rings. The minimum Gasteiger partial charge on any atom is -0.322 e. The van der Waals surface area contributed by atoms with Gasteiger partial charge in [-0.15, -0.1) is 0 Å². The van der Waals surface area contributed by atoms with E-state index in [1.54, 1.807) is 11.6 Å². The Labute approximate surface area is 73.2 Å². The third-order valence-electron chi connectivity index (χ3n) is 1.70. The lowest BCUT2D eigenvalue weighted by atomic mass is 10.2. The fourth-order valence-electron chi connectivity index (χ4n) is 1.12. The van der Waals surface area contributed by atoms with E-state index >= 15 is 0 Å². The van der Waals surface area contributed by atoms with Gasteiger partial charge in [0.1, 0.15) is 5.82 Å². The molecule has 1 aromatic rings. The van der Waals surface area contributed by atoms with Crippen molar-refractivity contribution in [2.45, 2.75) is 24.8 Å². The van der Waals surface area contributed by atoms with Gasteiger partial charge >= 0.3 is 0 Å². The smallest absolute Gasteiger partial charge is 0.185 e. The summed E-state index contributed by atoms with van der Waals surface area (Å²) in [6.07, 6.45) is 1.39. The molecule has 1 aromatic heterocycles. The zero-order chi connectivity index (χ0) is 9.30. The highest BCUT2D eigenvalue weighted by molar-refractivity contribution is 7.72. The molecule has 5 heteroatoms. The van der Waals surface area contributed by atoms with Crippen molar-refractivity contribution in [1.29, 1.82) is 0 Å². The van der Waals surface area contributed by atoms with E-state index in [1.165, 1.54) is 6.20 Å². The zero-order valence-corrected chi connectivity index (χ0v) is 8.21. The van der Waals surface area contributed by atoms with E-state index in [9.17, 15) is 8.42 Å². The normalized spacial score (nSPS) is 11.4. The number of rotatable bonds is 2. The third-order valence-corrected chi connectivity index (χ3v) is 2.49. The van der Waals surface area contributed by atoms with Gasteiger partial charge in [-0.1, -0.05) is 13.8 Å². The van der Waals surface area contributed by atoms with Crippen LogP contribution in [0.1, 0.15) is 25.6 Å². The summed E-state index contributed by atoms with van der Waals surface area (Å²) >= 11 is 0. The van der Waals surface area contributed by atoms with Crippen LogP contribution in [0.3, 0.4) is 0 Å². The van der Waals surface area contributed by atoms with Crippen LogP contribution in [-0.4, -0.2) is 18.0 Å². The predicted molar refractivity (Wildman–Crippen MR) is 45.9 cm³/mol. The number of aromatic nitrogens is 2. The van der Waals surface area contributed by atoms with Gasteiger partial charge in [0.15, 0.2) is 15.7 Å². The number of hydrogen-bond acceptors (Lipinski definition) is 3. The summed E-state index contributed by atoms with van der Waals surface area (Å²) in [5.41, 5.74) is 0. The molecule has 0 aliphatic carbocycles. The van der Waals surface area contributed by atoms with Crippen LogP contribution in [0.5, 0.6) is 0 Å². The van der Waals surface area contributed by atoms with E-state index in [2.05, 4.69) is 4.98 Å². The Kier molecular flexibility index (Phi) is 2.52. The maximum atomic E-state index is 10.6. The molecule has 0 N–H and O–H groups in total. The van der Waals surface area contributed by atoms with Crippen LogP contribution in [0.15, 0.2) is 11.2 Å². The minimum absolute atomic E-state index is 0.249. The molecule has 0 aromatic carbocycles. The first-order valence-corrected chi connectivity index (χ1v) is 4.87. The SMILES string of the molecule is CC(C)c1ncc([SH](=O)=O)n1C. The van der Waals surface area contributed by atoms with Crippen molar-refractivity contribution in [3.8, 4) is 0 Å². The van der Waals surface area contributed by atoms with Crippen molar-refractivity contribution in [2.24, 2.45) is 7.05 Å². The average molecular weight is 188 g/mol. The van der Waals surface area contributed by atoms with Crippen LogP contribution in [-0.2, 0) is 17.8 Å². The molecule has 0 radical (unpaired) electrons. The summed E-state index contributed by atoms with van der Waals surface area (Å²) in [5, 5.41) is 0.272. The number of hydrogen-bond donors (Lipinski definition) is 1. The fourth-order valence-corrected chi connectivity index (χ4v) is 1.62. The van der Waals surface area contributed by atoms with Crippen LogP contribution in [0, 0.1) is 0 Å². The Morgan fingerprint density at radius 1 is 1.50 bits per heavy atom. The Bertz CT molecular complexity index is 344. The van der Waals surface area contributed by atoms with Gasteiger partial charge in [0.05, 0.1) is 6.20 Å². The maximum Gasteiger partial charge on any atom is 0.185 e. The van der Waals surface area contributed by atoms with Crippen LogP contribution in [0.25, 0.3) is 0 Å². The maximum absolute atomic E-state index is 10.6. The molecule has 0 atom stereocenters. The van der Waals surface area contributed by atoms with E-state index in [0.29, 0.717) is 0 Å². The van der Waals surface area contributed by atoms with E-state index in [0.717, 1.165) is 5.82 Å². The molecule has 0 fully saturated rings. The molecule has 1 rings (SSSR count). The standard InChI is InChI=1S/C7H12N2O2S/c1-5(2)7-8-4-6(9(7)3)12(10)11/h4-5,12H,1-3H3. The lowest BCUT2D eigenvalue weighted by Gasteiger charge is -2.04. The van der Waals surface area contributed by atoms with Gasteiger partial charge in [-0.3, -0.25) is 0 Å². The highest BCUT2D eigenvalue weighted by Crippen LogP contribution is 2.13. The van der Waals surface area contributed by atoms with Gasteiger partial charge in [0.2, 0.25) is 0 Å². The van der Waals surface area contributed by atoms with Crippen molar-refractivity contribution in [3.63, 3.8) is 0 Å². The van der Waals surface area contributed by atoms with Crippen molar-refractivity contribution in [2.75, 3.05) is 0 Å². The zero-order valence-electron chi connectivity index (χ0n) is 7.31. The number of thiol groups is 1. The van der Waals surface area contributed by atoms with Crippen molar-refractivity contribution < 1.29 is 8.42 Å². The first-order valence-electron chi connectivity index (χ1n) is 3.70. The lowest BCUT2D eigenvalue weighted by Crippen LogP contribution is -2.02. The Hall–Kier alpha value is -0.840. The molecule has 68 valence electrons. The fraction of sp³-hybridized carbons (Fsp3) is 0.571. The second-order valence-corrected chi connectivity index (χ2v) is 3.92. The van der Waals surface area contributed by atoms with Crippen molar-refractivity contribution in [3.05, 3.63) is 12.0 Å². The summed E-state index contributed by atoms with van der Waals surface area (Å²) in [7, 11) is -0.809. The molecule has 0 amide bonds. The molecule has 12 heavy (non-hydrogen) atoms. The quantitative estimate of drug-likeness (QED) is 0.688. The van der Waals surface area contributed by atoms with Gasteiger partial charge < -0.3 is 4.57 Å². The predicted octanol–water partition coefficient (Wildman–Crippen LogP) is 0.514. The molecular formula is C7H12N2O2S. The summed E-state index contributed by atoms with van der Waals surface area (Å²) in [4.78, 5) is 4.02. The van der Waals surface area contributed by atoms with E-state index in [1.807, 2.05) is 13.8 Å². The highest BCUT2D eigenvalue weighted by atomic mass is 32.2. The average Bonchev–Trinajstić information content (AvgIpc) is 2.30. The molecule has 0 bridgehead atoms. The van der Waals surface area contributed by atoms with Crippen LogP contribution >= 0.6 is 0 Å². The second kappa shape index (κ2) is 3.26. The molecular weight excluding hydrogens is 176 g/mol. The van der Waals surface area contributed by atoms with Gasteiger partial charge in [-0.05, 0) is 0 Å². The molecule has 0 saturated carbocycles. The first-order chi connectivity index (χ1) is 5.54. The topological polar surface area (TPSA) is 52.0 Å². The van der Waals surface area contributed by atoms with Crippen LogP contribution in [0.2, 0.25) is 0 Å². The van der Waals surface area contributed by atoms with Crippen molar-refractivity contribution in [1.82, 2.24) is 9.55 Å². The van der Waals surface area contributed by atoms with Gasteiger partial charge in [0.25, 0.3) is 0 Å². The summed E-state index contributed by atoms with van der Waals surface area (Å²) < 4.78 is 22.9.